The number of hydrogen-bond donors (Lipinski definition) is 5. The number of hydrogen-bond acceptors (Lipinski definition) is 18. The lowest BCUT2D eigenvalue weighted by Crippen LogP contribution is -2.63. The van der Waals surface area contributed by atoms with Crippen molar-refractivity contribution in [2.24, 2.45) is 23.7 Å². The highest BCUT2D eigenvalue weighted by atomic mass is 16.7. The van der Waals surface area contributed by atoms with Gasteiger partial charge in [0, 0.05) is 43.9 Å². The Morgan fingerprint density at radius 2 is 1.15 bits per heavy atom. The Labute approximate surface area is 458 Å². The van der Waals surface area contributed by atoms with Crippen molar-refractivity contribution in [1.82, 2.24) is 0 Å². The summed E-state index contributed by atoms with van der Waals surface area (Å²) in [6, 6.07) is 0. The predicted molar refractivity (Wildman–Crippen MR) is 278 cm³/mol. The number of aliphatic hydroxyl groups is 5. The van der Waals surface area contributed by atoms with E-state index >= 15 is 0 Å². The SMILES string of the molecule is CC1CC2OC3C(CC2OC2CC4OC5CC=CCC6OC7C=CC8OC9C(CC8OC7C=CC6OC5CC(O)C4(C)OC2C1)OC1CC=CC(C=CC(O)CO)OC1C9O)OC1C(C)C(C)C2(CCCO2)OC1C(O)C3C. The molecule has 9 saturated heterocycles. The predicted octanol–water partition coefficient (Wildman–Crippen LogP) is 4.00. The number of fused-ring (bicyclic) bond motifs is 11. The van der Waals surface area contributed by atoms with Crippen LogP contribution in [0.4, 0.5) is 0 Å². The zero-order valence-corrected chi connectivity index (χ0v) is 45.8. The lowest BCUT2D eigenvalue weighted by atomic mass is 9.76. The van der Waals surface area contributed by atoms with E-state index in [1.54, 1.807) is 6.08 Å². The molecule has 0 aromatic carbocycles. The Morgan fingerprint density at radius 3 is 1.94 bits per heavy atom. The fourth-order valence-electron chi connectivity index (χ4n) is 15.9. The van der Waals surface area contributed by atoms with Crippen molar-refractivity contribution in [3.05, 3.63) is 60.8 Å². The molecule has 5 N–H and O–H groups in total. The molecular formula is C60H86O18. The third-order valence-corrected chi connectivity index (χ3v) is 20.6. The summed E-state index contributed by atoms with van der Waals surface area (Å²) in [5.74, 6) is -0.520. The summed E-state index contributed by atoms with van der Waals surface area (Å²) in [7, 11) is 0. The average Bonchev–Trinajstić information content (AvgIpc) is 3.74. The van der Waals surface area contributed by atoms with Gasteiger partial charge in [-0.2, -0.15) is 0 Å². The van der Waals surface area contributed by atoms with Crippen LogP contribution in [-0.4, -0.2) is 209 Å². The third kappa shape index (κ3) is 10.2. The molecule has 0 aliphatic carbocycles. The average molecular weight is 1100 g/mol. The van der Waals surface area contributed by atoms with Crippen molar-refractivity contribution >= 4 is 0 Å². The fraction of sp³-hybridized carbons (Fsp3) is 0.833. The van der Waals surface area contributed by atoms with Gasteiger partial charge in [0.05, 0.1) is 123 Å². The minimum Gasteiger partial charge on any atom is -0.393 e. The maximum Gasteiger partial charge on any atom is 0.171 e. The van der Waals surface area contributed by atoms with E-state index in [1.165, 1.54) is 6.08 Å². The monoisotopic (exact) mass is 1090 g/mol. The van der Waals surface area contributed by atoms with Gasteiger partial charge in [0.15, 0.2) is 5.79 Å². The molecule has 0 saturated carbocycles. The Morgan fingerprint density at radius 1 is 0.526 bits per heavy atom. The van der Waals surface area contributed by atoms with Crippen molar-refractivity contribution in [2.75, 3.05) is 13.2 Å². The largest absolute Gasteiger partial charge is 0.393 e. The van der Waals surface area contributed by atoms with Crippen LogP contribution in [0, 0.1) is 23.7 Å². The topological polar surface area (TPSA) is 221 Å². The summed E-state index contributed by atoms with van der Waals surface area (Å²) in [5.41, 5.74) is -1.02. The standard InChI is InChI=1S/C60H86O18/c1-29-22-42-44(25-48-54(75-42)31(3)52(64)58-55(76-48)30(2)32(4)60(78-58)20-9-21-66-60)72-46-27-51-59(5,77-47(46)23-29)50(63)26-45-36(73-51)12-7-6-11-35-37(70-45)16-17-39-38(68-35)18-19-40-43(69-39)24-49-57(74-40)53(65)56-41(71-49)13-8-10-34(67-56)15-14-33(62)28-61/h6-8,10,14-19,29-58,61-65H,9,11-13,20-28H2,1-5H3. The van der Waals surface area contributed by atoms with Gasteiger partial charge in [0.2, 0.25) is 0 Å². The van der Waals surface area contributed by atoms with Crippen molar-refractivity contribution in [2.45, 2.75) is 275 Å². The second-order valence-corrected chi connectivity index (χ2v) is 25.6. The van der Waals surface area contributed by atoms with E-state index < -0.39 is 116 Å². The van der Waals surface area contributed by atoms with Crippen molar-refractivity contribution in [3.63, 3.8) is 0 Å². The minimum absolute atomic E-state index is 0.0912. The summed E-state index contributed by atoms with van der Waals surface area (Å²) in [4.78, 5) is 0. The van der Waals surface area contributed by atoms with Crippen LogP contribution in [-0.2, 0) is 61.6 Å². The molecule has 32 unspecified atom stereocenters. The third-order valence-electron chi connectivity index (χ3n) is 20.6. The smallest absolute Gasteiger partial charge is 0.171 e. The highest BCUT2D eigenvalue weighted by Gasteiger charge is 2.62. The number of ether oxygens (including phenoxy) is 13. The van der Waals surface area contributed by atoms with Crippen LogP contribution < -0.4 is 0 Å². The second-order valence-electron chi connectivity index (χ2n) is 25.6. The molecule has 0 bridgehead atoms. The van der Waals surface area contributed by atoms with Gasteiger partial charge in [-0.25, -0.2) is 0 Å². The summed E-state index contributed by atoms with van der Waals surface area (Å²) in [5, 5.41) is 55.4. The fourth-order valence-corrected chi connectivity index (χ4v) is 15.9. The molecule has 18 nitrogen and oxygen atoms in total. The van der Waals surface area contributed by atoms with Crippen LogP contribution in [0.1, 0.15) is 105 Å². The van der Waals surface area contributed by atoms with Gasteiger partial charge in [-0.3, -0.25) is 0 Å². The number of aliphatic hydroxyl groups excluding tert-OH is 5. The van der Waals surface area contributed by atoms with E-state index in [-0.39, 0.29) is 84.7 Å². The zero-order valence-electron chi connectivity index (χ0n) is 45.8. The molecule has 0 aromatic rings. The van der Waals surface area contributed by atoms with Gasteiger partial charge >= 0.3 is 0 Å². The molecule has 18 heteroatoms. The molecule has 0 radical (unpaired) electrons. The second kappa shape index (κ2) is 22.2. The Bertz CT molecular complexity index is 2250. The molecule has 1 spiro atoms. The molecule has 13 rings (SSSR count). The van der Waals surface area contributed by atoms with Crippen molar-refractivity contribution < 1.29 is 87.1 Å². The Balaban J connectivity index is 0.678. The Hall–Kier alpha value is -2.02. The van der Waals surface area contributed by atoms with E-state index in [1.807, 2.05) is 43.4 Å². The molecule has 0 amide bonds. The van der Waals surface area contributed by atoms with Gasteiger partial charge in [-0.1, -0.05) is 88.5 Å². The molecule has 32 atom stereocenters. The maximum absolute atomic E-state index is 12.4. The van der Waals surface area contributed by atoms with Crippen LogP contribution in [0.15, 0.2) is 60.8 Å². The normalized spacial score (nSPS) is 56.1. The quantitative estimate of drug-likeness (QED) is 0.252. The van der Waals surface area contributed by atoms with Gasteiger partial charge < -0.3 is 87.1 Å². The van der Waals surface area contributed by atoms with E-state index in [0.717, 1.165) is 25.7 Å². The first-order valence-electron chi connectivity index (χ1n) is 29.9. The van der Waals surface area contributed by atoms with Crippen molar-refractivity contribution in [1.29, 1.82) is 0 Å². The van der Waals surface area contributed by atoms with Gasteiger partial charge in [-0.15, -0.1) is 0 Å². The molecule has 434 valence electrons. The first kappa shape index (κ1) is 55.2. The van der Waals surface area contributed by atoms with Crippen LogP contribution in [0.25, 0.3) is 0 Å². The minimum atomic E-state index is -1.02. The molecular weight excluding hydrogens is 1010 g/mol. The van der Waals surface area contributed by atoms with Gasteiger partial charge in [0.1, 0.15) is 54.4 Å². The highest BCUT2D eigenvalue weighted by molar-refractivity contribution is 5.18. The zero-order chi connectivity index (χ0) is 53.8. The van der Waals surface area contributed by atoms with E-state index in [0.29, 0.717) is 51.6 Å². The van der Waals surface area contributed by atoms with Crippen LogP contribution in [0.2, 0.25) is 0 Å². The number of rotatable bonds is 3. The van der Waals surface area contributed by atoms with E-state index in [2.05, 4.69) is 39.8 Å². The first-order valence-corrected chi connectivity index (χ1v) is 29.9. The maximum atomic E-state index is 12.4. The summed E-state index contributed by atoms with van der Waals surface area (Å²) >= 11 is 0. The first-order chi connectivity index (χ1) is 37.6. The van der Waals surface area contributed by atoms with Crippen molar-refractivity contribution in [3.8, 4) is 0 Å². The molecule has 13 aliphatic heterocycles. The highest BCUT2D eigenvalue weighted by Crippen LogP contribution is 2.52. The van der Waals surface area contributed by atoms with Gasteiger partial charge in [0.25, 0.3) is 0 Å². The van der Waals surface area contributed by atoms with Gasteiger partial charge in [-0.05, 0) is 57.3 Å². The molecule has 0 aromatic heterocycles. The lowest BCUT2D eigenvalue weighted by molar-refractivity contribution is -0.339. The molecule has 13 aliphatic rings. The van der Waals surface area contributed by atoms with Crippen LogP contribution >= 0.6 is 0 Å². The Kier molecular flexibility index (Phi) is 15.7. The summed E-state index contributed by atoms with van der Waals surface area (Å²) in [6.07, 6.45) is 13.4. The molecule has 13 heterocycles. The summed E-state index contributed by atoms with van der Waals surface area (Å²) < 4.78 is 89.3. The van der Waals surface area contributed by atoms with Crippen LogP contribution in [0.3, 0.4) is 0 Å². The molecule has 78 heavy (non-hydrogen) atoms. The molecule has 9 fully saturated rings. The van der Waals surface area contributed by atoms with E-state index in [9.17, 15) is 25.5 Å². The summed E-state index contributed by atoms with van der Waals surface area (Å²) in [6.45, 7) is 11.0. The van der Waals surface area contributed by atoms with Crippen LogP contribution in [0.5, 0.6) is 0 Å². The van der Waals surface area contributed by atoms with E-state index in [4.69, 9.17) is 61.6 Å². The lowest BCUT2D eigenvalue weighted by Gasteiger charge is -2.53.